The molecule has 0 unspecified atom stereocenters. The monoisotopic (exact) mass is 370 g/mol. The van der Waals surface area contributed by atoms with Gasteiger partial charge < -0.3 is 4.74 Å². The summed E-state index contributed by atoms with van der Waals surface area (Å²) in [6, 6.07) is 14.8. The maximum absolute atomic E-state index is 12.8. The van der Waals surface area contributed by atoms with Crippen LogP contribution >= 0.6 is 11.6 Å². The number of rotatable bonds is 5. The molecule has 2 aliphatic heterocycles. The first kappa shape index (κ1) is 17.5. The van der Waals surface area contributed by atoms with Crippen molar-refractivity contribution in [1.29, 1.82) is 0 Å². The second-order valence-corrected chi connectivity index (χ2v) is 7.48. The van der Waals surface area contributed by atoms with E-state index in [1.165, 1.54) is 5.56 Å². The average Bonchev–Trinajstić information content (AvgIpc) is 3.18. The molecule has 4 rings (SSSR count). The molecule has 2 saturated heterocycles. The van der Waals surface area contributed by atoms with Crippen LogP contribution in [0.15, 0.2) is 48.7 Å². The van der Waals surface area contributed by atoms with Gasteiger partial charge in [-0.05, 0) is 37.0 Å². The topological polar surface area (TPSA) is 42.4 Å². The fourth-order valence-corrected chi connectivity index (χ4v) is 4.87. The number of halogens is 1. The van der Waals surface area contributed by atoms with Gasteiger partial charge in [-0.1, -0.05) is 48.0 Å². The number of fused-ring (bicyclic) bond motifs is 2. The van der Waals surface area contributed by atoms with E-state index >= 15 is 0 Å². The molecule has 4 atom stereocenters. The molecule has 2 bridgehead atoms. The van der Waals surface area contributed by atoms with Crippen LogP contribution in [0, 0.1) is 5.92 Å². The minimum atomic E-state index is -0.139. The molecule has 3 heterocycles. The zero-order chi connectivity index (χ0) is 18.1. The first-order valence-electron chi connectivity index (χ1n) is 9.26. The smallest absolute Gasteiger partial charge is 0.311 e. The van der Waals surface area contributed by atoms with Crippen LogP contribution in [0.25, 0.3) is 0 Å². The number of esters is 1. The third-order valence-corrected chi connectivity index (χ3v) is 5.95. The SMILES string of the molecule is CCOC(=O)[C@@H]1[C@@H](c2ccc(Cl)nc2)[C@H]2CC[C@@H]1N2Cc1ccccc1. The number of aromatic nitrogens is 1. The van der Waals surface area contributed by atoms with E-state index in [1.807, 2.05) is 31.3 Å². The number of carbonyl (C=O) groups excluding carboxylic acids is 1. The lowest BCUT2D eigenvalue weighted by Crippen LogP contribution is -2.34. The highest BCUT2D eigenvalue weighted by molar-refractivity contribution is 6.29. The Labute approximate surface area is 159 Å². The molecule has 0 radical (unpaired) electrons. The first-order valence-corrected chi connectivity index (χ1v) is 9.64. The highest BCUT2D eigenvalue weighted by Gasteiger charge is 2.56. The van der Waals surface area contributed by atoms with Crippen LogP contribution in [-0.4, -0.2) is 34.5 Å². The van der Waals surface area contributed by atoms with Crippen LogP contribution in [-0.2, 0) is 16.1 Å². The number of pyridine rings is 1. The van der Waals surface area contributed by atoms with Crippen LogP contribution in [0.2, 0.25) is 5.15 Å². The van der Waals surface area contributed by atoms with Gasteiger partial charge in [0.05, 0.1) is 12.5 Å². The lowest BCUT2D eigenvalue weighted by Gasteiger charge is -2.27. The predicted molar refractivity (Wildman–Crippen MR) is 101 cm³/mol. The minimum absolute atomic E-state index is 0.0855. The van der Waals surface area contributed by atoms with Gasteiger partial charge in [0.2, 0.25) is 0 Å². The number of hydrogen-bond donors (Lipinski definition) is 0. The highest BCUT2D eigenvalue weighted by Crippen LogP contribution is 2.51. The molecule has 5 heteroatoms. The normalized spacial score (nSPS) is 27.6. The van der Waals surface area contributed by atoms with Gasteiger partial charge in [0.1, 0.15) is 5.15 Å². The van der Waals surface area contributed by atoms with E-state index in [9.17, 15) is 4.79 Å². The Bertz CT molecular complexity index is 765. The zero-order valence-electron chi connectivity index (χ0n) is 14.8. The van der Waals surface area contributed by atoms with Crippen LogP contribution in [0.3, 0.4) is 0 Å². The van der Waals surface area contributed by atoms with Crippen LogP contribution in [0.5, 0.6) is 0 Å². The van der Waals surface area contributed by atoms with Gasteiger partial charge >= 0.3 is 5.97 Å². The van der Waals surface area contributed by atoms with Crippen LogP contribution in [0.4, 0.5) is 0 Å². The van der Waals surface area contributed by atoms with Gasteiger partial charge in [-0.2, -0.15) is 0 Å². The van der Waals surface area contributed by atoms with E-state index < -0.39 is 0 Å². The number of ether oxygens (including phenoxy) is 1. The highest BCUT2D eigenvalue weighted by atomic mass is 35.5. The zero-order valence-corrected chi connectivity index (χ0v) is 15.6. The van der Waals surface area contributed by atoms with Gasteiger partial charge in [0.15, 0.2) is 0 Å². The van der Waals surface area contributed by atoms with Gasteiger partial charge in [0.25, 0.3) is 0 Å². The molecule has 0 saturated carbocycles. The summed E-state index contributed by atoms with van der Waals surface area (Å²) in [5, 5.41) is 0.478. The second-order valence-electron chi connectivity index (χ2n) is 7.09. The molecule has 2 fully saturated rings. The van der Waals surface area contributed by atoms with Gasteiger partial charge in [-0.25, -0.2) is 4.98 Å². The fourth-order valence-electron chi connectivity index (χ4n) is 4.75. The molecule has 136 valence electrons. The standard InChI is InChI=1S/C21H23ClN2O2/c1-2-26-21(25)20-17-10-9-16(19(20)15-8-11-18(22)23-12-15)24(17)13-14-6-4-3-5-7-14/h3-8,11-12,16-17,19-20H,2,9-10,13H2,1H3/t16-,17+,19+,20+/m1/s1. The van der Waals surface area contributed by atoms with E-state index in [0.29, 0.717) is 17.8 Å². The Morgan fingerprint density at radius 2 is 1.96 bits per heavy atom. The summed E-state index contributed by atoms with van der Waals surface area (Å²) in [4.78, 5) is 19.5. The summed E-state index contributed by atoms with van der Waals surface area (Å²) < 4.78 is 5.44. The Morgan fingerprint density at radius 3 is 2.65 bits per heavy atom. The molecule has 26 heavy (non-hydrogen) atoms. The minimum Gasteiger partial charge on any atom is -0.466 e. The maximum atomic E-state index is 12.8. The fraction of sp³-hybridized carbons (Fsp3) is 0.429. The number of hydrogen-bond acceptors (Lipinski definition) is 4. The molecule has 0 aliphatic carbocycles. The van der Waals surface area contributed by atoms with Crippen molar-refractivity contribution in [2.75, 3.05) is 6.61 Å². The first-order chi connectivity index (χ1) is 12.7. The van der Waals surface area contributed by atoms with E-state index in [2.05, 4.69) is 34.1 Å². The average molecular weight is 371 g/mol. The Kier molecular flexibility index (Phi) is 4.96. The summed E-state index contributed by atoms with van der Waals surface area (Å²) in [5.41, 5.74) is 2.36. The lowest BCUT2D eigenvalue weighted by atomic mass is 9.76. The van der Waals surface area contributed by atoms with Gasteiger partial charge in [0, 0.05) is 30.7 Å². The van der Waals surface area contributed by atoms with Crippen molar-refractivity contribution in [2.45, 2.75) is 44.3 Å². The van der Waals surface area contributed by atoms with Crippen molar-refractivity contribution in [2.24, 2.45) is 5.92 Å². The van der Waals surface area contributed by atoms with Crippen molar-refractivity contribution >= 4 is 17.6 Å². The van der Waals surface area contributed by atoms with E-state index in [1.54, 1.807) is 0 Å². The van der Waals surface area contributed by atoms with E-state index in [4.69, 9.17) is 16.3 Å². The maximum Gasteiger partial charge on any atom is 0.311 e. The van der Waals surface area contributed by atoms with Gasteiger partial charge in [-0.15, -0.1) is 0 Å². The molecule has 2 aromatic rings. The molecule has 0 amide bonds. The molecular weight excluding hydrogens is 348 g/mol. The molecule has 4 nitrogen and oxygen atoms in total. The molecular formula is C21H23ClN2O2. The van der Waals surface area contributed by atoms with Crippen molar-refractivity contribution in [3.63, 3.8) is 0 Å². The summed E-state index contributed by atoms with van der Waals surface area (Å²) in [7, 11) is 0. The molecule has 1 aromatic carbocycles. The summed E-state index contributed by atoms with van der Waals surface area (Å²) in [6.45, 7) is 3.15. The Hall–Kier alpha value is -1.91. The molecule has 0 N–H and O–H groups in total. The van der Waals surface area contributed by atoms with Crippen molar-refractivity contribution in [3.05, 3.63) is 64.9 Å². The number of carbonyl (C=O) groups is 1. The van der Waals surface area contributed by atoms with E-state index in [-0.39, 0.29) is 23.8 Å². The van der Waals surface area contributed by atoms with Crippen LogP contribution in [0.1, 0.15) is 36.8 Å². The summed E-state index contributed by atoms with van der Waals surface area (Å²) in [5.74, 6) is -0.112. The lowest BCUT2D eigenvalue weighted by molar-refractivity contribution is -0.149. The largest absolute Gasteiger partial charge is 0.466 e. The van der Waals surface area contributed by atoms with Crippen molar-refractivity contribution in [3.8, 4) is 0 Å². The summed E-state index contributed by atoms with van der Waals surface area (Å²) in [6.07, 6.45) is 3.96. The second kappa shape index (κ2) is 7.37. The van der Waals surface area contributed by atoms with Crippen LogP contribution < -0.4 is 0 Å². The third kappa shape index (κ3) is 3.12. The van der Waals surface area contributed by atoms with Crippen molar-refractivity contribution in [1.82, 2.24) is 9.88 Å². The van der Waals surface area contributed by atoms with E-state index in [0.717, 1.165) is 24.9 Å². The Balaban J connectivity index is 1.66. The van der Waals surface area contributed by atoms with Crippen molar-refractivity contribution < 1.29 is 9.53 Å². The molecule has 1 aromatic heterocycles. The summed E-state index contributed by atoms with van der Waals surface area (Å²) >= 11 is 5.97. The quantitative estimate of drug-likeness (QED) is 0.588. The Morgan fingerprint density at radius 1 is 1.19 bits per heavy atom. The molecule has 2 aliphatic rings. The number of nitrogens with zero attached hydrogens (tertiary/aromatic N) is 2. The number of benzene rings is 1. The van der Waals surface area contributed by atoms with Gasteiger partial charge in [-0.3, -0.25) is 9.69 Å². The third-order valence-electron chi connectivity index (χ3n) is 5.73. The predicted octanol–water partition coefficient (Wildman–Crippen LogP) is 4.04. The molecule has 0 spiro atoms.